The molecule has 25 heavy (non-hydrogen) atoms. The first kappa shape index (κ1) is 16.1. The summed E-state index contributed by atoms with van der Waals surface area (Å²) in [4.78, 5) is 28.5. The van der Waals surface area contributed by atoms with E-state index >= 15 is 0 Å². The van der Waals surface area contributed by atoms with Gasteiger partial charge in [0.15, 0.2) is 0 Å². The van der Waals surface area contributed by atoms with Crippen LogP contribution in [0.5, 0.6) is 0 Å². The number of fused-ring (bicyclic) bond motifs is 2. The molecule has 3 atom stereocenters. The standard InChI is InChI=1S/C19H24N4O2/c1-11(24)22-19(25)21-8-12-6-15-14-4-3-5-16-18(14)13(9-20-16)7-17(15)23(2)10-12/h3-5,9,12,15,17,20H,6-8,10H2,1-2H3,(H2,21,22,24,25)/t12?,15-,17-/m1/s1. The summed E-state index contributed by atoms with van der Waals surface area (Å²) < 4.78 is 0. The molecule has 0 saturated carbocycles. The molecule has 6 nitrogen and oxygen atoms in total. The molecule has 1 aromatic heterocycles. The van der Waals surface area contributed by atoms with Crippen molar-refractivity contribution >= 4 is 22.8 Å². The van der Waals surface area contributed by atoms with E-state index in [1.54, 1.807) is 0 Å². The Bertz CT molecular complexity index is 828. The molecule has 0 radical (unpaired) electrons. The van der Waals surface area contributed by atoms with Gasteiger partial charge >= 0.3 is 6.03 Å². The topological polar surface area (TPSA) is 77.2 Å². The molecular formula is C19H24N4O2. The molecule has 3 amide bonds. The van der Waals surface area contributed by atoms with Crippen molar-refractivity contribution < 1.29 is 9.59 Å². The number of urea groups is 1. The molecule has 2 aromatic rings. The summed E-state index contributed by atoms with van der Waals surface area (Å²) in [5.74, 6) is 0.519. The molecule has 6 heteroatoms. The molecule has 4 rings (SSSR count). The quantitative estimate of drug-likeness (QED) is 0.782. The van der Waals surface area contributed by atoms with Crippen LogP contribution >= 0.6 is 0 Å². The third-order valence-electron chi connectivity index (χ3n) is 5.65. The number of carbonyl (C=O) groups is 2. The van der Waals surface area contributed by atoms with Crippen LogP contribution in [0.1, 0.15) is 30.4 Å². The summed E-state index contributed by atoms with van der Waals surface area (Å²) in [6.07, 6.45) is 4.28. The highest BCUT2D eigenvalue weighted by molar-refractivity contribution is 5.93. The Balaban J connectivity index is 1.53. The van der Waals surface area contributed by atoms with Gasteiger partial charge < -0.3 is 15.2 Å². The van der Waals surface area contributed by atoms with Crippen molar-refractivity contribution in [3.05, 3.63) is 35.5 Å². The van der Waals surface area contributed by atoms with Crippen molar-refractivity contribution in [1.82, 2.24) is 20.5 Å². The average molecular weight is 340 g/mol. The maximum Gasteiger partial charge on any atom is 0.321 e. The molecule has 1 saturated heterocycles. The lowest BCUT2D eigenvalue weighted by atomic mass is 9.72. The summed E-state index contributed by atoms with van der Waals surface area (Å²) in [5.41, 5.74) is 4.06. The number of amides is 3. The van der Waals surface area contributed by atoms with Crippen molar-refractivity contribution in [2.24, 2.45) is 5.92 Å². The molecule has 132 valence electrons. The van der Waals surface area contributed by atoms with Crippen LogP contribution in [-0.4, -0.2) is 48.0 Å². The molecule has 1 aromatic carbocycles. The Morgan fingerprint density at radius 2 is 2.20 bits per heavy atom. The number of nitrogens with zero attached hydrogens (tertiary/aromatic N) is 1. The summed E-state index contributed by atoms with van der Waals surface area (Å²) in [6, 6.07) is 6.62. The largest absolute Gasteiger partial charge is 0.361 e. The SMILES string of the molecule is CC(=O)NC(=O)NCC1C[C@@H]2c3cccc4[nH]cc(c34)C[C@H]2N(C)C1. The third-order valence-corrected chi connectivity index (χ3v) is 5.65. The summed E-state index contributed by atoms with van der Waals surface area (Å²) in [7, 11) is 2.18. The zero-order chi connectivity index (χ0) is 17.6. The molecule has 1 fully saturated rings. The zero-order valence-electron chi connectivity index (χ0n) is 14.6. The number of likely N-dealkylation sites (N-methyl/N-ethyl adjacent to an activating group) is 1. The second kappa shape index (κ2) is 6.19. The molecule has 2 heterocycles. The lowest BCUT2D eigenvalue weighted by molar-refractivity contribution is -0.117. The van der Waals surface area contributed by atoms with Crippen molar-refractivity contribution in [3.63, 3.8) is 0 Å². The van der Waals surface area contributed by atoms with Gasteiger partial charge in [0.05, 0.1) is 0 Å². The second-order valence-electron chi connectivity index (χ2n) is 7.39. The number of aromatic amines is 1. The minimum absolute atomic E-state index is 0.336. The highest BCUT2D eigenvalue weighted by Crippen LogP contribution is 2.44. The van der Waals surface area contributed by atoms with Crippen LogP contribution in [0.3, 0.4) is 0 Å². The number of nitrogens with one attached hydrogen (secondary N) is 3. The first-order valence-corrected chi connectivity index (χ1v) is 8.87. The van der Waals surface area contributed by atoms with Crippen molar-refractivity contribution in [3.8, 4) is 0 Å². The van der Waals surface area contributed by atoms with Gasteiger partial charge in [0.2, 0.25) is 5.91 Å². The van der Waals surface area contributed by atoms with E-state index in [4.69, 9.17) is 0 Å². The van der Waals surface area contributed by atoms with Crippen molar-refractivity contribution in [1.29, 1.82) is 0 Å². The van der Waals surface area contributed by atoms with E-state index in [0.29, 0.717) is 24.4 Å². The van der Waals surface area contributed by atoms with Crippen LogP contribution in [0.25, 0.3) is 10.9 Å². The summed E-state index contributed by atoms with van der Waals surface area (Å²) in [6.45, 7) is 2.88. The van der Waals surface area contributed by atoms with Crippen LogP contribution in [0.4, 0.5) is 4.79 Å². The fraction of sp³-hybridized carbons (Fsp3) is 0.474. The van der Waals surface area contributed by atoms with Crippen molar-refractivity contribution in [2.75, 3.05) is 20.1 Å². The number of H-pyrrole nitrogens is 1. The van der Waals surface area contributed by atoms with E-state index in [2.05, 4.69) is 52.0 Å². The molecule has 1 aliphatic carbocycles. The Labute approximate surface area is 147 Å². The minimum Gasteiger partial charge on any atom is -0.361 e. The molecule has 2 aliphatic rings. The number of aromatic nitrogens is 1. The predicted molar refractivity (Wildman–Crippen MR) is 96.5 cm³/mol. The van der Waals surface area contributed by atoms with E-state index in [0.717, 1.165) is 19.4 Å². The van der Waals surface area contributed by atoms with Gasteiger partial charge in [-0.2, -0.15) is 0 Å². The smallest absolute Gasteiger partial charge is 0.321 e. The van der Waals surface area contributed by atoms with E-state index in [9.17, 15) is 9.59 Å². The van der Waals surface area contributed by atoms with E-state index in [1.807, 2.05) is 0 Å². The molecule has 0 spiro atoms. The maximum atomic E-state index is 11.7. The number of hydrogen-bond donors (Lipinski definition) is 3. The van der Waals surface area contributed by atoms with Gasteiger partial charge in [0.25, 0.3) is 0 Å². The van der Waals surface area contributed by atoms with E-state index < -0.39 is 6.03 Å². The number of hydrogen-bond acceptors (Lipinski definition) is 3. The monoisotopic (exact) mass is 340 g/mol. The van der Waals surface area contributed by atoms with Gasteiger partial charge in [0.1, 0.15) is 0 Å². The zero-order valence-corrected chi connectivity index (χ0v) is 14.6. The van der Waals surface area contributed by atoms with Crippen LogP contribution in [0.2, 0.25) is 0 Å². The fourth-order valence-electron chi connectivity index (χ4n) is 4.64. The van der Waals surface area contributed by atoms with Crippen LogP contribution < -0.4 is 10.6 Å². The average Bonchev–Trinajstić information content (AvgIpc) is 2.98. The van der Waals surface area contributed by atoms with Gasteiger partial charge in [-0.05, 0) is 43.0 Å². The summed E-state index contributed by atoms with van der Waals surface area (Å²) >= 11 is 0. The predicted octanol–water partition coefficient (Wildman–Crippen LogP) is 1.97. The number of benzene rings is 1. The second-order valence-corrected chi connectivity index (χ2v) is 7.39. The Hall–Kier alpha value is -2.34. The number of piperidine rings is 1. The van der Waals surface area contributed by atoms with Gasteiger partial charge in [-0.15, -0.1) is 0 Å². The highest BCUT2D eigenvalue weighted by Gasteiger charge is 2.39. The first-order chi connectivity index (χ1) is 12.0. The number of rotatable bonds is 2. The van der Waals surface area contributed by atoms with Crippen LogP contribution in [0, 0.1) is 5.92 Å². The highest BCUT2D eigenvalue weighted by atomic mass is 16.2. The number of imide groups is 1. The fourth-order valence-corrected chi connectivity index (χ4v) is 4.64. The lowest BCUT2D eigenvalue weighted by Crippen LogP contribution is -2.51. The van der Waals surface area contributed by atoms with Crippen LogP contribution in [0.15, 0.2) is 24.4 Å². The van der Waals surface area contributed by atoms with Gasteiger partial charge in [-0.25, -0.2) is 4.79 Å². The van der Waals surface area contributed by atoms with Gasteiger partial charge in [-0.1, -0.05) is 12.1 Å². The van der Waals surface area contributed by atoms with E-state index in [-0.39, 0.29) is 5.91 Å². The number of carbonyl (C=O) groups excluding carboxylic acids is 2. The third kappa shape index (κ3) is 2.91. The normalized spacial score (nSPS) is 25.4. The Kier molecular flexibility index (Phi) is 4.00. The van der Waals surface area contributed by atoms with Gasteiger partial charge in [0, 0.05) is 49.1 Å². The van der Waals surface area contributed by atoms with Crippen molar-refractivity contribution in [2.45, 2.75) is 31.7 Å². The molecule has 1 aliphatic heterocycles. The molecule has 3 N–H and O–H groups in total. The molecular weight excluding hydrogens is 316 g/mol. The summed E-state index contributed by atoms with van der Waals surface area (Å²) in [5, 5.41) is 6.49. The Morgan fingerprint density at radius 3 is 3.00 bits per heavy atom. The maximum absolute atomic E-state index is 11.7. The molecule has 0 bridgehead atoms. The van der Waals surface area contributed by atoms with E-state index in [1.165, 1.54) is 29.0 Å². The molecule has 1 unspecified atom stereocenters. The lowest BCUT2D eigenvalue weighted by Gasteiger charge is -2.45. The first-order valence-electron chi connectivity index (χ1n) is 8.87. The van der Waals surface area contributed by atoms with Gasteiger partial charge in [-0.3, -0.25) is 10.1 Å². The minimum atomic E-state index is -0.407. The van der Waals surface area contributed by atoms with Crippen LogP contribution in [-0.2, 0) is 11.2 Å². The Morgan fingerprint density at radius 1 is 1.36 bits per heavy atom. The number of likely N-dealkylation sites (tertiary alicyclic amines) is 1.